The van der Waals surface area contributed by atoms with Crippen LogP contribution in [0.25, 0.3) is 10.9 Å². The Balaban J connectivity index is 1.74. The van der Waals surface area contributed by atoms with Gasteiger partial charge in [-0.3, -0.25) is 24.0 Å². The van der Waals surface area contributed by atoms with Crippen LogP contribution in [0.4, 0.5) is 0 Å². The number of imidazole rings is 1. The first-order chi connectivity index (χ1) is 20.4. The molecule has 2 heterocycles. The van der Waals surface area contributed by atoms with E-state index < -0.39 is 79.1 Å². The lowest BCUT2D eigenvalue weighted by Crippen LogP contribution is -2.57. The van der Waals surface area contributed by atoms with Crippen molar-refractivity contribution in [3.63, 3.8) is 0 Å². The Kier molecular flexibility index (Phi) is 11.3. The van der Waals surface area contributed by atoms with Crippen LogP contribution in [0.1, 0.15) is 36.9 Å². The molecule has 1 aromatic carbocycles. The number of nitrogens with zero attached hydrogens (tertiary/aromatic N) is 1. The van der Waals surface area contributed by atoms with E-state index in [2.05, 4.69) is 30.9 Å². The summed E-state index contributed by atoms with van der Waals surface area (Å²) in [6.07, 6.45) is 2.53. The van der Waals surface area contributed by atoms with Crippen molar-refractivity contribution in [2.24, 2.45) is 5.73 Å². The Hall–Kier alpha value is -5.25. The first-order valence-corrected chi connectivity index (χ1v) is 13.3. The summed E-state index contributed by atoms with van der Waals surface area (Å²) in [5, 5.41) is 35.9. The van der Waals surface area contributed by atoms with E-state index in [4.69, 9.17) is 10.8 Å². The van der Waals surface area contributed by atoms with Gasteiger partial charge in [-0.25, -0.2) is 9.78 Å². The number of nitrogens with one attached hydrogen (secondary N) is 5. The normalized spacial score (nSPS) is 13.8. The number of rotatable bonds is 17. The first-order valence-electron chi connectivity index (χ1n) is 13.3. The molecule has 0 radical (unpaired) electrons. The maximum Gasteiger partial charge on any atom is 0.326 e. The van der Waals surface area contributed by atoms with E-state index in [0.717, 1.165) is 10.9 Å². The average Bonchev–Trinajstić information content (AvgIpc) is 3.62. The van der Waals surface area contributed by atoms with E-state index >= 15 is 0 Å². The Labute approximate surface area is 244 Å². The minimum absolute atomic E-state index is 0.0375. The zero-order valence-electron chi connectivity index (χ0n) is 22.9. The van der Waals surface area contributed by atoms with Gasteiger partial charge in [-0.15, -0.1) is 0 Å². The number of para-hydroxylation sites is 1. The Morgan fingerprint density at radius 1 is 0.791 bits per heavy atom. The third-order valence-electron chi connectivity index (χ3n) is 6.60. The molecule has 0 saturated carbocycles. The van der Waals surface area contributed by atoms with E-state index in [1.807, 2.05) is 0 Å². The molecule has 4 unspecified atom stereocenters. The van der Waals surface area contributed by atoms with Crippen LogP contribution in [0.2, 0.25) is 0 Å². The van der Waals surface area contributed by atoms with Crippen molar-refractivity contribution in [2.45, 2.75) is 62.7 Å². The molecule has 4 atom stereocenters. The van der Waals surface area contributed by atoms with Crippen LogP contribution in [0, 0.1) is 0 Å². The molecule has 3 rings (SSSR count). The molecular weight excluding hydrogens is 566 g/mol. The highest BCUT2D eigenvalue weighted by atomic mass is 16.4. The average molecular weight is 600 g/mol. The zero-order valence-corrected chi connectivity index (χ0v) is 22.9. The standard InChI is InChI=1S/C27H33N7O9/c28-17(10-15-12-29-13-31-15)24(39)32-19(5-7-22(35)36)25(40)33-20(6-8-23(37)38)26(41)34-21(27(42)43)9-14-11-30-18-4-2-1-3-16(14)18/h1-4,11-13,17,19-21,30H,5-10,28H2,(H,29,31)(H,32,39)(H,33,40)(H,34,41)(H,35,36)(H,37,38)(H,42,43). The monoisotopic (exact) mass is 599 g/mol. The number of nitrogens with two attached hydrogens (primary N) is 1. The van der Waals surface area contributed by atoms with E-state index in [0.29, 0.717) is 11.3 Å². The zero-order chi connectivity index (χ0) is 31.5. The third-order valence-corrected chi connectivity index (χ3v) is 6.60. The van der Waals surface area contributed by atoms with Crippen LogP contribution < -0.4 is 21.7 Å². The summed E-state index contributed by atoms with van der Waals surface area (Å²) in [7, 11) is 0. The Morgan fingerprint density at radius 2 is 1.37 bits per heavy atom. The molecule has 0 saturated heterocycles. The fourth-order valence-electron chi connectivity index (χ4n) is 4.34. The van der Waals surface area contributed by atoms with E-state index in [-0.39, 0.29) is 19.3 Å². The number of hydrogen-bond donors (Lipinski definition) is 9. The number of aromatic nitrogens is 3. The predicted molar refractivity (Wildman–Crippen MR) is 149 cm³/mol. The minimum atomic E-state index is -1.52. The summed E-state index contributed by atoms with van der Waals surface area (Å²) < 4.78 is 0. The second kappa shape index (κ2) is 15.1. The number of carboxylic acids is 3. The molecule has 2 aromatic heterocycles. The molecule has 0 aliphatic rings. The number of aliphatic carboxylic acids is 3. The van der Waals surface area contributed by atoms with Gasteiger partial charge in [-0.1, -0.05) is 18.2 Å². The van der Waals surface area contributed by atoms with Gasteiger partial charge in [0, 0.05) is 54.7 Å². The summed E-state index contributed by atoms with van der Waals surface area (Å²) >= 11 is 0. The van der Waals surface area contributed by atoms with E-state index in [9.17, 15) is 39.0 Å². The number of carbonyl (C=O) groups excluding carboxylic acids is 3. The molecule has 3 aromatic rings. The van der Waals surface area contributed by atoms with Gasteiger partial charge >= 0.3 is 17.9 Å². The first kappa shape index (κ1) is 32.3. The minimum Gasteiger partial charge on any atom is -0.481 e. The van der Waals surface area contributed by atoms with Gasteiger partial charge in [0.15, 0.2) is 0 Å². The number of benzene rings is 1. The highest BCUT2D eigenvalue weighted by Crippen LogP contribution is 2.19. The second-order valence-electron chi connectivity index (χ2n) is 9.84. The largest absolute Gasteiger partial charge is 0.481 e. The SMILES string of the molecule is NC(Cc1cnc[nH]1)C(=O)NC(CCC(=O)O)C(=O)NC(CCC(=O)O)C(=O)NC(Cc1c[nH]c2ccccc12)C(=O)O. The summed E-state index contributed by atoms with van der Waals surface area (Å²) in [6, 6.07) is 1.63. The topological polar surface area (TPSA) is 270 Å². The molecule has 43 heavy (non-hydrogen) atoms. The molecule has 0 bridgehead atoms. The van der Waals surface area contributed by atoms with Crippen molar-refractivity contribution in [1.82, 2.24) is 30.9 Å². The van der Waals surface area contributed by atoms with E-state index in [1.54, 1.807) is 30.5 Å². The lowest BCUT2D eigenvalue weighted by atomic mass is 10.0. The smallest absolute Gasteiger partial charge is 0.326 e. The summed E-state index contributed by atoms with van der Waals surface area (Å²) in [4.78, 5) is 83.2. The molecule has 0 aliphatic heterocycles. The molecule has 3 amide bonds. The van der Waals surface area contributed by atoms with Crippen LogP contribution in [0.5, 0.6) is 0 Å². The van der Waals surface area contributed by atoms with Crippen molar-refractivity contribution < 1.29 is 44.1 Å². The molecule has 16 heteroatoms. The molecule has 0 fully saturated rings. The predicted octanol–water partition coefficient (Wildman–Crippen LogP) is -0.728. The van der Waals surface area contributed by atoms with Gasteiger partial charge in [0.05, 0.1) is 12.4 Å². The number of H-pyrrole nitrogens is 2. The second-order valence-corrected chi connectivity index (χ2v) is 9.84. The van der Waals surface area contributed by atoms with Crippen molar-refractivity contribution in [2.75, 3.05) is 0 Å². The van der Waals surface area contributed by atoms with Crippen LogP contribution in [0.15, 0.2) is 43.0 Å². The van der Waals surface area contributed by atoms with Crippen molar-refractivity contribution in [3.8, 4) is 0 Å². The number of carboxylic acid groups (broad SMARTS) is 3. The van der Waals surface area contributed by atoms with Crippen LogP contribution >= 0.6 is 0 Å². The van der Waals surface area contributed by atoms with Crippen molar-refractivity contribution in [1.29, 1.82) is 0 Å². The number of aromatic amines is 2. The summed E-state index contributed by atoms with van der Waals surface area (Å²) in [5.74, 6) is -6.62. The van der Waals surface area contributed by atoms with Gasteiger partial charge < -0.3 is 47.0 Å². The number of carbonyl (C=O) groups is 6. The molecule has 10 N–H and O–H groups in total. The number of amides is 3. The van der Waals surface area contributed by atoms with Gasteiger partial charge in [-0.05, 0) is 24.5 Å². The lowest BCUT2D eigenvalue weighted by Gasteiger charge is -2.25. The number of fused-ring (bicyclic) bond motifs is 1. The Morgan fingerprint density at radius 3 is 1.93 bits per heavy atom. The fourth-order valence-corrected chi connectivity index (χ4v) is 4.34. The molecule has 0 spiro atoms. The summed E-state index contributed by atoms with van der Waals surface area (Å²) in [5.41, 5.74) is 7.83. The Bertz CT molecular complexity index is 1450. The summed E-state index contributed by atoms with van der Waals surface area (Å²) in [6.45, 7) is 0. The third kappa shape index (κ3) is 9.67. The van der Waals surface area contributed by atoms with E-state index in [1.165, 1.54) is 12.5 Å². The van der Waals surface area contributed by atoms with Crippen molar-refractivity contribution >= 4 is 46.5 Å². The lowest BCUT2D eigenvalue weighted by molar-refractivity contribution is -0.143. The van der Waals surface area contributed by atoms with Gasteiger partial charge in [0.25, 0.3) is 0 Å². The van der Waals surface area contributed by atoms with Gasteiger partial charge in [0.1, 0.15) is 18.1 Å². The maximum atomic E-state index is 13.2. The fraction of sp³-hybridized carbons (Fsp3) is 0.370. The van der Waals surface area contributed by atoms with Crippen LogP contribution in [-0.4, -0.2) is 90.1 Å². The van der Waals surface area contributed by atoms with Crippen LogP contribution in [-0.2, 0) is 41.6 Å². The molecule has 16 nitrogen and oxygen atoms in total. The quantitative estimate of drug-likeness (QED) is 0.0933. The van der Waals surface area contributed by atoms with Gasteiger partial charge in [0.2, 0.25) is 17.7 Å². The highest BCUT2D eigenvalue weighted by Gasteiger charge is 2.31. The van der Waals surface area contributed by atoms with Crippen LogP contribution in [0.3, 0.4) is 0 Å². The number of hydrogen-bond acceptors (Lipinski definition) is 8. The molecular formula is C27H33N7O9. The van der Waals surface area contributed by atoms with Gasteiger partial charge in [-0.2, -0.15) is 0 Å². The maximum absolute atomic E-state index is 13.2. The highest BCUT2D eigenvalue weighted by molar-refractivity contribution is 5.94. The van der Waals surface area contributed by atoms with Crippen molar-refractivity contribution in [3.05, 3.63) is 54.2 Å². The molecule has 0 aliphatic carbocycles. The molecule has 230 valence electrons.